The number of nitrogens with zero attached hydrogens (tertiary/aromatic N) is 3. The van der Waals surface area contributed by atoms with Crippen molar-refractivity contribution >= 4 is 29.0 Å². The van der Waals surface area contributed by atoms with Gasteiger partial charge in [-0.3, -0.25) is 9.78 Å². The first-order chi connectivity index (χ1) is 8.56. The maximum absolute atomic E-state index is 12.0. The molecule has 0 spiro atoms. The molecule has 2 rings (SSSR count). The molecule has 3 N–H and O–H groups in total. The quantitative estimate of drug-likeness (QED) is 0.859. The molecule has 2 heterocycles. The molecular weight excluding hydrogens is 254 g/mol. The van der Waals surface area contributed by atoms with Crippen molar-refractivity contribution in [2.45, 2.75) is 6.92 Å². The minimum Gasteiger partial charge on any atom is -0.397 e. The van der Waals surface area contributed by atoms with Gasteiger partial charge in [-0.15, -0.1) is 10.2 Å². The van der Waals surface area contributed by atoms with Gasteiger partial charge in [0.25, 0.3) is 5.91 Å². The molecule has 2 aromatic rings. The Bertz CT molecular complexity index is 584. The molecule has 92 valence electrons. The lowest BCUT2D eigenvalue weighted by Gasteiger charge is -2.06. The third-order valence-corrected chi connectivity index (χ3v) is 2.43. The predicted octanol–water partition coefficient (Wildman–Crippen LogP) is 1.67. The molecule has 0 fully saturated rings. The summed E-state index contributed by atoms with van der Waals surface area (Å²) in [5, 5.41) is 10.2. The number of halogens is 1. The van der Waals surface area contributed by atoms with Crippen LogP contribution in [0.3, 0.4) is 0 Å². The minimum atomic E-state index is -0.344. The summed E-state index contributed by atoms with van der Waals surface area (Å²) in [5.41, 5.74) is 7.00. The highest BCUT2D eigenvalue weighted by Gasteiger charge is 2.11. The van der Waals surface area contributed by atoms with E-state index >= 15 is 0 Å². The first-order valence-corrected chi connectivity index (χ1v) is 5.47. The fourth-order valence-corrected chi connectivity index (χ4v) is 1.45. The lowest BCUT2D eigenvalue weighted by molar-refractivity contribution is 0.102. The normalized spacial score (nSPS) is 10.1. The van der Waals surface area contributed by atoms with Gasteiger partial charge in [-0.25, -0.2) is 0 Å². The third-order valence-electron chi connectivity index (χ3n) is 2.23. The van der Waals surface area contributed by atoms with Crippen LogP contribution in [0.1, 0.15) is 16.1 Å². The number of pyridine rings is 1. The lowest BCUT2D eigenvalue weighted by Crippen LogP contribution is -2.15. The Kier molecular flexibility index (Phi) is 3.38. The summed E-state index contributed by atoms with van der Waals surface area (Å²) in [6.45, 7) is 1.72. The van der Waals surface area contributed by atoms with E-state index in [1.165, 1.54) is 12.3 Å². The van der Waals surface area contributed by atoms with Gasteiger partial charge in [-0.05, 0) is 25.1 Å². The molecule has 0 aliphatic heterocycles. The van der Waals surface area contributed by atoms with E-state index in [9.17, 15) is 4.79 Å². The topological polar surface area (TPSA) is 93.8 Å². The van der Waals surface area contributed by atoms with Crippen molar-refractivity contribution in [3.05, 3.63) is 40.8 Å². The van der Waals surface area contributed by atoms with Crippen LogP contribution in [0.5, 0.6) is 0 Å². The van der Waals surface area contributed by atoms with Crippen LogP contribution in [0.4, 0.5) is 11.5 Å². The van der Waals surface area contributed by atoms with Gasteiger partial charge < -0.3 is 11.1 Å². The first kappa shape index (κ1) is 12.3. The van der Waals surface area contributed by atoms with E-state index in [-0.39, 0.29) is 11.1 Å². The number of hydrogen-bond acceptors (Lipinski definition) is 5. The molecular formula is C11H10ClN5O. The number of aromatic nitrogens is 3. The second kappa shape index (κ2) is 4.97. The Morgan fingerprint density at radius 3 is 2.83 bits per heavy atom. The summed E-state index contributed by atoms with van der Waals surface area (Å²) in [7, 11) is 0. The Hall–Kier alpha value is -2.21. The summed E-state index contributed by atoms with van der Waals surface area (Å²) in [6, 6.07) is 4.65. The number of aryl methyl sites for hydroxylation is 1. The zero-order valence-electron chi connectivity index (χ0n) is 9.51. The minimum absolute atomic E-state index is 0.259. The molecule has 0 aromatic carbocycles. The Morgan fingerprint density at radius 1 is 1.39 bits per heavy atom. The average molecular weight is 264 g/mol. The van der Waals surface area contributed by atoms with Crippen molar-refractivity contribution < 1.29 is 4.79 Å². The van der Waals surface area contributed by atoms with Crippen molar-refractivity contribution in [2.75, 3.05) is 11.1 Å². The summed E-state index contributed by atoms with van der Waals surface area (Å²) < 4.78 is 0. The van der Waals surface area contributed by atoms with Crippen molar-refractivity contribution in [2.24, 2.45) is 0 Å². The van der Waals surface area contributed by atoms with Gasteiger partial charge in [0.2, 0.25) is 0 Å². The fourth-order valence-electron chi connectivity index (χ4n) is 1.35. The van der Waals surface area contributed by atoms with Crippen LogP contribution in [0, 0.1) is 6.92 Å². The number of nitrogens with two attached hydrogens (primary N) is 1. The molecule has 0 aliphatic rings. The van der Waals surface area contributed by atoms with Crippen LogP contribution in [0.2, 0.25) is 5.15 Å². The van der Waals surface area contributed by atoms with Gasteiger partial charge >= 0.3 is 0 Å². The highest BCUT2D eigenvalue weighted by Crippen LogP contribution is 2.12. The number of nitrogens with one attached hydrogen (secondary N) is 1. The number of rotatable bonds is 2. The molecule has 0 saturated heterocycles. The van der Waals surface area contributed by atoms with Crippen molar-refractivity contribution in [3.8, 4) is 0 Å². The molecule has 1 amide bonds. The van der Waals surface area contributed by atoms with Gasteiger partial charge in [0.15, 0.2) is 11.0 Å². The van der Waals surface area contributed by atoms with E-state index in [4.69, 9.17) is 17.3 Å². The molecule has 6 nitrogen and oxygen atoms in total. The third kappa shape index (κ3) is 2.72. The molecule has 0 radical (unpaired) electrons. The number of carbonyl (C=O) groups excluding carboxylic acids is 1. The fraction of sp³-hybridized carbons (Fsp3) is 0.0909. The molecule has 0 aliphatic carbocycles. The number of nitrogen functional groups attached to an aromatic ring is 1. The van der Waals surface area contributed by atoms with E-state index in [1.54, 1.807) is 19.1 Å². The van der Waals surface area contributed by atoms with Gasteiger partial charge in [0, 0.05) is 0 Å². The maximum atomic E-state index is 12.0. The Morgan fingerprint density at radius 2 is 2.17 bits per heavy atom. The molecule has 0 saturated carbocycles. The predicted molar refractivity (Wildman–Crippen MR) is 68.4 cm³/mol. The highest BCUT2D eigenvalue weighted by molar-refractivity contribution is 6.29. The standard InChI is InChI=1S/C11H10ClN5O/c1-6-8(4-7(13)5-14-6)11(18)15-10-3-2-9(12)16-17-10/h2-5H,13H2,1H3,(H,15,17,18). The molecule has 0 unspecified atom stereocenters. The SMILES string of the molecule is Cc1ncc(N)cc1C(=O)Nc1ccc(Cl)nn1. The monoisotopic (exact) mass is 263 g/mol. The zero-order chi connectivity index (χ0) is 13.1. The number of carbonyl (C=O) groups is 1. The Balaban J connectivity index is 2.21. The molecule has 0 atom stereocenters. The number of anilines is 2. The van der Waals surface area contributed by atoms with Crippen LogP contribution in [0.25, 0.3) is 0 Å². The van der Waals surface area contributed by atoms with E-state index < -0.39 is 0 Å². The Labute approximate surface area is 108 Å². The molecule has 18 heavy (non-hydrogen) atoms. The highest BCUT2D eigenvalue weighted by atomic mass is 35.5. The van der Waals surface area contributed by atoms with E-state index in [0.717, 1.165) is 0 Å². The smallest absolute Gasteiger partial charge is 0.258 e. The van der Waals surface area contributed by atoms with E-state index in [0.29, 0.717) is 22.8 Å². The summed E-state index contributed by atoms with van der Waals surface area (Å²) in [6.07, 6.45) is 1.49. The van der Waals surface area contributed by atoms with Crippen molar-refractivity contribution in [1.29, 1.82) is 0 Å². The maximum Gasteiger partial charge on any atom is 0.258 e. The van der Waals surface area contributed by atoms with Crippen molar-refractivity contribution in [3.63, 3.8) is 0 Å². The second-order valence-corrected chi connectivity index (χ2v) is 3.98. The second-order valence-electron chi connectivity index (χ2n) is 3.60. The van der Waals surface area contributed by atoms with Crippen LogP contribution in [-0.2, 0) is 0 Å². The van der Waals surface area contributed by atoms with E-state index in [1.807, 2.05) is 0 Å². The van der Waals surface area contributed by atoms with Crippen LogP contribution < -0.4 is 11.1 Å². The lowest BCUT2D eigenvalue weighted by atomic mass is 10.2. The van der Waals surface area contributed by atoms with Crippen molar-refractivity contribution in [1.82, 2.24) is 15.2 Å². The number of hydrogen-bond donors (Lipinski definition) is 2. The first-order valence-electron chi connectivity index (χ1n) is 5.09. The molecule has 2 aromatic heterocycles. The van der Waals surface area contributed by atoms with Crippen LogP contribution in [0.15, 0.2) is 24.4 Å². The van der Waals surface area contributed by atoms with E-state index in [2.05, 4.69) is 20.5 Å². The average Bonchev–Trinajstić information content (AvgIpc) is 2.35. The zero-order valence-corrected chi connectivity index (χ0v) is 10.3. The molecule has 0 bridgehead atoms. The summed E-state index contributed by atoms with van der Waals surface area (Å²) in [4.78, 5) is 16.0. The number of amides is 1. The summed E-state index contributed by atoms with van der Waals surface area (Å²) in [5.74, 6) is -0.0323. The molecule has 7 heteroatoms. The van der Waals surface area contributed by atoms with Gasteiger partial charge in [0.05, 0.1) is 23.1 Å². The van der Waals surface area contributed by atoms with Gasteiger partial charge in [-0.1, -0.05) is 11.6 Å². The van der Waals surface area contributed by atoms with Crippen LogP contribution >= 0.6 is 11.6 Å². The van der Waals surface area contributed by atoms with Gasteiger partial charge in [-0.2, -0.15) is 0 Å². The summed E-state index contributed by atoms with van der Waals surface area (Å²) >= 11 is 5.60. The van der Waals surface area contributed by atoms with Gasteiger partial charge in [0.1, 0.15) is 0 Å². The largest absolute Gasteiger partial charge is 0.397 e. The van der Waals surface area contributed by atoms with Crippen LogP contribution in [-0.4, -0.2) is 21.1 Å².